The molecule has 0 atom stereocenters. The number of aromatic nitrogens is 3. The van der Waals surface area contributed by atoms with Crippen molar-refractivity contribution in [3.63, 3.8) is 0 Å². The highest BCUT2D eigenvalue weighted by Gasteiger charge is 2.56. The Labute approximate surface area is 150 Å². The average Bonchev–Trinajstić information content (AvgIpc) is 2.97. The second-order valence-corrected chi connectivity index (χ2v) is 10.2. The Morgan fingerprint density at radius 2 is 1.65 bits per heavy atom. The van der Waals surface area contributed by atoms with Crippen molar-refractivity contribution < 1.29 is 28.7 Å². The van der Waals surface area contributed by atoms with Crippen LogP contribution in [0.2, 0.25) is 0 Å². The topological polar surface area (TPSA) is 172 Å². The van der Waals surface area contributed by atoms with Gasteiger partial charge in [-0.2, -0.15) is 0 Å². The summed E-state index contributed by atoms with van der Waals surface area (Å²) in [6, 6.07) is 9.70. The molecule has 144 valence electrons. The third-order valence-electron chi connectivity index (χ3n) is 4.01. The molecule has 12 heteroatoms. The molecule has 0 fully saturated rings. The molecule has 2 rings (SSSR count). The SMILES string of the molecule is NC(CCCCc1cn(Cc2ccccc2)nn1)(P(=O)(O)O)P(=O)(O)O. The first-order valence-corrected chi connectivity index (χ1v) is 11.1. The quantitative estimate of drug-likeness (QED) is 0.302. The zero-order valence-corrected chi connectivity index (χ0v) is 15.7. The number of hydrogen-bond donors (Lipinski definition) is 5. The molecule has 0 unspecified atom stereocenters. The number of rotatable bonds is 9. The van der Waals surface area contributed by atoms with E-state index in [0.29, 0.717) is 25.1 Å². The summed E-state index contributed by atoms with van der Waals surface area (Å²) in [6.45, 7) is 0.566. The molecule has 0 radical (unpaired) electrons. The lowest BCUT2D eigenvalue weighted by Gasteiger charge is -2.30. The van der Waals surface area contributed by atoms with E-state index in [1.165, 1.54) is 0 Å². The number of hydrogen-bond acceptors (Lipinski definition) is 5. The Kier molecular flexibility index (Phi) is 6.52. The van der Waals surface area contributed by atoms with Crippen LogP contribution in [-0.4, -0.2) is 39.6 Å². The van der Waals surface area contributed by atoms with Crippen molar-refractivity contribution in [3.05, 3.63) is 47.8 Å². The van der Waals surface area contributed by atoms with Crippen molar-refractivity contribution in [2.24, 2.45) is 5.73 Å². The van der Waals surface area contributed by atoms with Gasteiger partial charge >= 0.3 is 15.2 Å². The molecule has 0 bridgehead atoms. The van der Waals surface area contributed by atoms with Crippen LogP contribution >= 0.6 is 15.2 Å². The van der Waals surface area contributed by atoms with Crippen LogP contribution < -0.4 is 5.73 Å². The Morgan fingerprint density at radius 3 is 2.23 bits per heavy atom. The van der Waals surface area contributed by atoms with Gasteiger partial charge in [0, 0.05) is 6.20 Å². The highest BCUT2D eigenvalue weighted by Crippen LogP contribution is 2.67. The fourth-order valence-corrected chi connectivity index (χ4v) is 4.71. The number of nitrogens with two attached hydrogens (primary N) is 1. The van der Waals surface area contributed by atoms with E-state index in [4.69, 9.17) is 5.73 Å². The monoisotopic (exact) mass is 404 g/mol. The minimum atomic E-state index is -5.17. The van der Waals surface area contributed by atoms with E-state index >= 15 is 0 Å². The van der Waals surface area contributed by atoms with Gasteiger partial charge < -0.3 is 25.3 Å². The third-order valence-corrected chi connectivity index (χ3v) is 8.04. The molecular weight excluding hydrogens is 382 g/mol. The summed E-state index contributed by atoms with van der Waals surface area (Å²) in [5, 5.41) is 5.17. The average molecular weight is 404 g/mol. The molecule has 6 N–H and O–H groups in total. The van der Waals surface area contributed by atoms with Crippen molar-refractivity contribution in [3.8, 4) is 0 Å². The lowest BCUT2D eigenvalue weighted by Crippen LogP contribution is -2.39. The van der Waals surface area contributed by atoms with Crippen LogP contribution in [0.1, 0.15) is 30.5 Å². The molecule has 1 aromatic carbocycles. The number of unbranched alkanes of at least 4 members (excludes halogenated alkanes) is 1. The lowest BCUT2D eigenvalue weighted by atomic mass is 10.1. The van der Waals surface area contributed by atoms with Crippen LogP contribution in [0.3, 0.4) is 0 Å². The summed E-state index contributed by atoms with van der Waals surface area (Å²) in [7, 11) is -10.3. The first-order valence-electron chi connectivity index (χ1n) is 7.86. The standard InChI is InChI=1S/C14H22N4O6P2/c15-14(25(19,20)21,26(22,23)24)9-5-4-8-13-11-18(17-16-13)10-12-6-2-1-3-7-12/h1-3,6-7,11H,4-5,8-10,15H2,(H2,19,20,21)(H2,22,23,24). The van der Waals surface area contributed by atoms with Gasteiger partial charge in [-0.25, -0.2) is 4.68 Å². The molecule has 0 amide bonds. The lowest BCUT2D eigenvalue weighted by molar-refractivity contribution is 0.300. The Morgan fingerprint density at radius 1 is 1.04 bits per heavy atom. The highest BCUT2D eigenvalue weighted by atomic mass is 31.2. The van der Waals surface area contributed by atoms with Crippen molar-refractivity contribution in [1.82, 2.24) is 15.0 Å². The second kappa shape index (κ2) is 8.10. The van der Waals surface area contributed by atoms with Crippen LogP contribution in [0.4, 0.5) is 0 Å². The van der Waals surface area contributed by atoms with E-state index in [-0.39, 0.29) is 6.42 Å². The molecule has 0 aliphatic heterocycles. The smallest absolute Gasteiger partial charge is 0.323 e. The summed E-state index contributed by atoms with van der Waals surface area (Å²) in [5.74, 6) is 0. The molecule has 0 aliphatic carbocycles. The summed E-state index contributed by atoms with van der Waals surface area (Å²) in [5.41, 5.74) is 7.11. The molecule has 0 saturated heterocycles. The summed E-state index contributed by atoms with van der Waals surface area (Å²) >= 11 is 0. The molecule has 0 aliphatic rings. The molecule has 0 spiro atoms. The van der Waals surface area contributed by atoms with E-state index in [1.807, 2.05) is 30.3 Å². The van der Waals surface area contributed by atoms with Gasteiger partial charge in [0.25, 0.3) is 0 Å². The maximum atomic E-state index is 11.4. The first kappa shape index (κ1) is 20.9. The predicted molar refractivity (Wildman–Crippen MR) is 94.1 cm³/mol. The van der Waals surface area contributed by atoms with Crippen molar-refractivity contribution >= 4 is 15.2 Å². The van der Waals surface area contributed by atoms with Gasteiger partial charge in [-0.1, -0.05) is 35.5 Å². The van der Waals surface area contributed by atoms with E-state index in [1.54, 1.807) is 10.9 Å². The molecule has 10 nitrogen and oxygen atoms in total. The zero-order valence-electron chi connectivity index (χ0n) is 13.9. The first-order chi connectivity index (χ1) is 12.0. The third kappa shape index (κ3) is 5.08. The van der Waals surface area contributed by atoms with Crippen molar-refractivity contribution in [2.75, 3.05) is 0 Å². The predicted octanol–water partition coefficient (Wildman–Crippen LogP) is 1.01. The minimum absolute atomic E-state index is 0.123. The summed E-state index contributed by atoms with van der Waals surface area (Å²) < 4.78 is 24.5. The molecule has 2 aromatic rings. The number of nitrogens with zero attached hydrogens (tertiary/aromatic N) is 3. The van der Waals surface area contributed by atoms with Crippen LogP contribution in [-0.2, 0) is 22.1 Å². The van der Waals surface area contributed by atoms with Gasteiger partial charge in [0.1, 0.15) is 0 Å². The summed E-state index contributed by atoms with van der Waals surface area (Å²) in [4.78, 5) is 36.8. The minimum Gasteiger partial charge on any atom is -0.323 e. The zero-order chi connectivity index (χ0) is 19.4. The Balaban J connectivity index is 1.88. The van der Waals surface area contributed by atoms with Gasteiger partial charge in [0.05, 0.1) is 12.2 Å². The van der Waals surface area contributed by atoms with Gasteiger partial charge in [-0.3, -0.25) is 9.13 Å². The van der Waals surface area contributed by atoms with E-state index < -0.39 is 26.6 Å². The fourth-order valence-electron chi connectivity index (χ4n) is 2.45. The van der Waals surface area contributed by atoms with E-state index in [9.17, 15) is 28.7 Å². The van der Waals surface area contributed by atoms with Crippen molar-refractivity contribution in [2.45, 2.75) is 37.2 Å². The van der Waals surface area contributed by atoms with Crippen LogP contribution in [0.5, 0.6) is 0 Å². The number of benzene rings is 1. The normalized spacial score (nSPS) is 13.1. The fraction of sp³-hybridized carbons (Fsp3) is 0.429. The largest absolute Gasteiger partial charge is 0.357 e. The molecule has 26 heavy (non-hydrogen) atoms. The number of aryl methyl sites for hydroxylation is 1. The van der Waals surface area contributed by atoms with Crippen molar-refractivity contribution in [1.29, 1.82) is 0 Å². The molecular formula is C14H22N4O6P2. The maximum Gasteiger partial charge on any atom is 0.357 e. The highest BCUT2D eigenvalue weighted by molar-refractivity contribution is 7.72. The Bertz CT molecular complexity index is 794. The van der Waals surface area contributed by atoms with E-state index in [0.717, 1.165) is 5.56 Å². The molecule has 1 heterocycles. The molecule has 1 aromatic heterocycles. The summed E-state index contributed by atoms with van der Waals surface area (Å²) in [6.07, 6.45) is 2.24. The van der Waals surface area contributed by atoms with E-state index in [2.05, 4.69) is 10.3 Å². The van der Waals surface area contributed by atoms with Crippen LogP contribution in [0.25, 0.3) is 0 Å². The van der Waals surface area contributed by atoms with Crippen LogP contribution in [0, 0.1) is 0 Å². The van der Waals surface area contributed by atoms with Crippen LogP contribution in [0.15, 0.2) is 36.5 Å². The maximum absolute atomic E-state index is 11.4. The van der Waals surface area contributed by atoms with Gasteiger partial charge in [-0.05, 0) is 31.2 Å². The van der Waals surface area contributed by atoms with Gasteiger partial charge in [0.15, 0.2) is 0 Å². The Hall–Kier alpha value is -1.38. The van der Waals surface area contributed by atoms with Gasteiger partial charge in [0.2, 0.25) is 5.02 Å². The second-order valence-electron chi connectivity index (χ2n) is 6.07. The van der Waals surface area contributed by atoms with Gasteiger partial charge in [-0.15, -0.1) is 5.10 Å². The molecule has 0 saturated carbocycles.